The van der Waals surface area contributed by atoms with E-state index in [9.17, 15) is 24.2 Å². The predicted molar refractivity (Wildman–Crippen MR) is 182 cm³/mol. The number of nitrogens with one attached hydrogen (secondary N) is 1. The zero-order chi connectivity index (χ0) is 34.6. The van der Waals surface area contributed by atoms with Gasteiger partial charge in [-0.1, -0.05) is 54.6 Å². The molecule has 1 amide bonds. The van der Waals surface area contributed by atoms with Crippen molar-refractivity contribution in [2.24, 2.45) is 0 Å². The molecule has 0 radical (unpaired) electrons. The van der Waals surface area contributed by atoms with Gasteiger partial charge in [0.05, 0.1) is 32.3 Å². The normalized spacial score (nSPS) is 12.5. The Bertz CT molecular complexity index is 1620. The monoisotopic (exact) mass is 660 g/mol. The number of ether oxygens (including phenoxy) is 3. The van der Waals surface area contributed by atoms with Crippen LogP contribution in [-0.4, -0.2) is 66.3 Å². The van der Waals surface area contributed by atoms with E-state index in [0.717, 1.165) is 27.9 Å². The molecule has 0 fully saturated rings. The maximum atomic E-state index is 14.3. The number of aliphatic hydroxyl groups excluding tert-OH is 2. The van der Waals surface area contributed by atoms with Crippen LogP contribution in [0.5, 0.6) is 5.75 Å². The molecule has 9 nitrogen and oxygen atoms in total. The number of aromatic nitrogens is 1. The lowest BCUT2D eigenvalue weighted by molar-refractivity contribution is -0.143. The maximum Gasteiger partial charge on any atom is 0.308 e. The summed E-state index contributed by atoms with van der Waals surface area (Å²) in [6.07, 6.45) is -1.64. The highest BCUT2D eigenvalue weighted by Gasteiger charge is 2.30. The first kappa shape index (κ1) is 36.3. The molecule has 1 heterocycles. The second-order valence-electron chi connectivity index (χ2n) is 11.9. The van der Waals surface area contributed by atoms with Gasteiger partial charge in [0, 0.05) is 36.5 Å². The Hall–Kier alpha value is -4.51. The summed E-state index contributed by atoms with van der Waals surface area (Å²) in [5.41, 5.74) is 5.13. The largest absolute Gasteiger partial charge is 0.491 e. The summed E-state index contributed by atoms with van der Waals surface area (Å²) in [7, 11) is 2.86. The van der Waals surface area contributed by atoms with Crippen LogP contribution in [-0.2, 0) is 27.2 Å². The van der Waals surface area contributed by atoms with Crippen LogP contribution in [0.4, 0.5) is 4.39 Å². The van der Waals surface area contributed by atoms with Crippen molar-refractivity contribution in [3.8, 4) is 28.0 Å². The van der Waals surface area contributed by atoms with Crippen LogP contribution >= 0.6 is 0 Å². The average Bonchev–Trinajstić information content (AvgIpc) is 3.43. The van der Waals surface area contributed by atoms with Gasteiger partial charge >= 0.3 is 5.97 Å². The molecular weight excluding hydrogens is 615 g/mol. The number of hydrogen-bond acceptors (Lipinski definition) is 7. The summed E-state index contributed by atoms with van der Waals surface area (Å²) >= 11 is 0. The van der Waals surface area contributed by atoms with E-state index in [2.05, 4.69) is 10.1 Å². The first-order chi connectivity index (χ1) is 23.1. The summed E-state index contributed by atoms with van der Waals surface area (Å²) in [5, 5.41) is 24.4. The summed E-state index contributed by atoms with van der Waals surface area (Å²) in [6, 6.07) is 23.1. The standard InChI is InChI=1S/C38H45FN2O7/c1-25(2)41-33(19-16-30(42)22-31(43)23-34(44)47-4)35(28-12-14-29(39)15-13-28)36(27-8-6-5-7-9-27)37(41)38(45)40-24-26-10-17-32(18-11-26)48-21-20-46-3/h5-15,17-18,25,30-31,42-43H,16,19-24H2,1-4H3,(H,40,45)/t30-,31-/m1/s1. The van der Waals surface area contributed by atoms with Crippen molar-refractivity contribution in [2.75, 3.05) is 27.4 Å². The number of methoxy groups -OCH3 is 2. The first-order valence-corrected chi connectivity index (χ1v) is 16.1. The molecule has 4 rings (SSSR count). The fraction of sp³-hybridized carbons (Fsp3) is 0.368. The molecule has 4 aromatic rings. The molecule has 0 spiro atoms. The summed E-state index contributed by atoms with van der Waals surface area (Å²) in [5.74, 6) is -0.521. The van der Waals surface area contributed by atoms with Crippen LogP contribution in [0.3, 0.4) is 0 Å². The number of nitrogens with zero attached hydrogens (tertiary/aromatic N) is 1. The van der Waals surface area contributed by atoms with Gasteiger partial charge in [0.25, 0.3) is 5.91 Å². The van der Waals surface area contributed by atoms with Crippen molar-refractivity contribution in [1.29, 1.82) is 0 Å². The van der Waals surface area contributed by atoms with Crippen LogP contribution in [0.25, 0.3) is 22.3 Å². The average molecular weight is 661 g/mol. The second kappa shape index (κ2) is 17.6. The Morgan fingerprint density at radius 2 is 1.52 bits per heavy atom. The van der Waals surface area contributed by atoms with Crippen molar-refractivity contribution in [3.63, 3.8) is 0 Å². The highest BCUT2D eigenvalue weighted by molar-refractivity contribution is 6.05. The van der Waals surface area contributed by atoms with Gasteiger partial charge in [-0.05, 0) is 74.1 Å². The summed E-state index contributed by atoms with van der Waals surface area (Å²) in [4.78, 5) is 25.9. The molecule has 0 aliphatic carbocycles. The molecule has 10 heteroatoms. The van der Waals surface area contributed by atoms with Gasteiger partial charge in [0.2, 0.25) is 0 Å². The molecule has 0 unspecified atom stereocenters. The fourth-order valence-corrected chi connectivity index (χ4v) is 5.80. The van der Waals surface area contributed by atoms with E-state index < -0.39 is 18.2 Å². The molecule has 256 valence electrons. The molecule has 0 saturated carbocycles. The van der Waals surface area contributed by atoms with Gasteiger partial charge in [0.1, 0.15) is 23.9 Å². The number of esters is 1. The number of aliphatic hydroxyl groups is 2. The lowest BCUT2D eigenvalue weighted by Gasteiger charge is -2.20. The SMILES string of the molecule is COCCOc1ccc(CNC(=O)c2c(-c3ccccc3)c(-c3ccc(F)cc3)c(CC[C@@H](O)C[C@@H](O)CC(=O)OC)n2C(C)C)cc1. The zero-order valence-corrected chi connectivity index (χ0v) is 27.9. The van der Waals surface area contributed by atoms with Crippen LogP contribution in [0.2, 0.25) is 0 Å². The lowest BCUT2D eigenvalue weighted by Crippen LogP contribution is -2.27. The molecule has 0 aliphatic heterocycles. The lowest BCUT2D eigenvalue weighted by atomic mass is 9.92. The molecule has 2 atom stereocenters. The van der Waals surface area contributed by atoms with Gasteiger partial charge in [0.15, 0.2) is 0 Å². The Balaban J connectivity index is 1.74. The molecule has 3 aromatic carbocycles. The van der Waals surface area contributed by atoms with Gasteiger partial charge < -0.3 is 34.3 Å². The van der Waals surface area contributed by atoms with Gasteiger partial charge in [-0.2, -0.15) is 0 Å². The first-order valence-electron chi connectivity index (χ1n) is 16.1. The quantitative estimate of drug-likeness (QED) is 0.0925. The van der Waals surface area contributed by atoms with E-state index in [-0.39, 0.29) is 43.6 Å². The third-order valence-electron chi connectivity index (χ3n) is 8.06. The number of benzene rings is 3. The fourth-order valence-electron chi connectivity index (χ4n) is 5.80. The van der Waals surface area contributed by atoms with Crippen LogP contribution < -0.4 is 10.1 Å². The minimum absolute atomic E-state index is 0.0154. The third kappa shape index (κ3) is 9.53. The molecule has 3 N–H and O–H groups in total. The summed E-state index contributed by atoms with van der Waals surface area (Å²) in [6.45, 7) is 5.16. The number of hydrogen-bond donors (Lipinski definition) is 3. The van der Waals surface area contributed by atoms with Crippen LogP contribution in [0, 0.1) is 5.82 Å². The molecular formula is C38H45FN2O7. The minimum atomic E-state index is -1.06. The predicted octanol–water partition coefficient (Wildman–Crippen LogP) is 6.10. The third-order valence-corrected chi connectivity index (χ3v) is 8.06. The molecule has 48 heavy (non-hydrogen) atoms. The van der Waals surface area contributed by atoms with Crippen LogP contribution in [0.1, 0.15) is 60.9 Å². The Kier molecular flexibility index (Phi) is 13.3. The zero-order valence-electron chi connectivity index (χ0n) is 27.9. The van der Waals surface area contributed by atoms with Gasteiger partial charge in [-0.15, -0.1) is 0 Å². The van der Waals surface area contributed by atoms with E-state index in [1.54, 1.807) is 19.2 Å². The Morgan fingerprint density at radius 3 is 2.15 bits per heavy atom. The number of carbonyl (C=O) groups excluding carboxylic acids is 2. The molecule has 0 saturated heterocycles. The summed E-state index contributed by atoms with van der Waals surface area (Å²) < 4.78 is 31.5. The van der Waals surface area contributed by atoms with Gasteiger partial charge in [-0.3, -0.25) is 9.59 Å². The van der Waals surface area contributed by atoms with Crippen LogP contribution in [0.15, 0.2) is 78.9 Å². The minimum Gasteiger partial charge on any atom is -0.491 e. The number of amides is 1. The number of carbonyl (C=O) groups is 2. The van der Waals surface area contributed by atoms with E-state index in [0.29, 0.717) is 36.6 Å². The Labute approximate surface area is 281 Å². The highest BCUT2D eigenvalue weighted by Crippen LogP contribution is 2.42. The molecule has 0 aliphatic rings. The van der Waals surface area contributed by atoms with Crippen molar-refractivity contribution < 1.29 is 38.4 Å². The second-order valence-corrected chi connectivity index (χ2v) is 11.9. The van der Waals surface area contributed by atoms with Gasteiger partial charge in [-0.25, -0.2) is 4.39 Å². The highest BCUT2D eigenvalue weighted by atomic mass is 19.1. The van der Waals surface area contributed by atoms with Crippen molar-refractivity contribution in [2.45, 2.75) is 64.3 Å². The topological polar surface area (TPSA) is 119 Å². The number of rotatable bonds is 17. The number of halogens is 1. The van der Waals surface area contributed by atoms with E-state index in [1.165, 1.54) is 19.2 Å². The smallest absolute Gasteiger partial charge is 0.308 e. The van der Waals surface area contributed by atoms with E-state index >= 15 is 0 Å². The van der Waals surface area contributed by atoms with Crippen molar-refractivity contribution in [3.05, 3.63) is 102 Å². The van der Waals surface area contributed by atoms with Crippen molar-refractivity contribution in [1.82, 2.24) is 9.88 Å². The molecule has 1 aromatic heterocycles. The van der Waals surface area contributed by atoms with E-state index in [4.69, 9.17) is 9.47 Å². The van der Waals surface area contributed by atoms with Crippen molar-refractivity contribution >= 4 is 11.9 Å². The maximum absolute atomic E-state index is 14.3. The van der Waals surface area contributed by atoms with E-state index in [1.807, 2.05) is 73.0 Å². The molecule has 0 bridgehead atoms. The Morgan fingerprint density at radius 1 is 0.854 bits per heavy atom.